The molecule has 0 aliphatic heterocycles. The van der Waals surface area contributed by atoms with Gasteiger partial charge in [0, 0.05) is 46.1 Å². The lowest BCUT2D eigenvalue weighted by Crippen LogP contribution is -2.55. The second-order valence-electron chi connectivity index (χ2n) is 10.4. The zero-order valence-electron chi connectivity index (χ0n) is 24.4. The molecule has 0 spiro atoms. The van der Waals surface area contributed by atoms with Crippen LogP contribution in [0.1, 0.15) is 27.0 Å². The molecule has 3 N–H and O–H groups in total. The van der Waals surface area contributed by atoms with E-state index in [9.17, 15) is 14.4 Å². The van der Waals surface area contributed by atoms with Crippen molar-refractivity contribution in [3.05, 3.63) is 131 Å². The first kappa shape index (κ1) is 30.2. The molecule has 0 heterocycles. The second-order valence-corrected chi connectivity index (χ2v) is 10.4. The smallest absolute Gasteiger partial charge is 0.254 e. The zero-order valence-corrected chi connectivity index (χ0v) is 24.4. The van der Waals surface area contributed by atoms with E-state index in [-0.39, 0.29) is 24.1 Å². The molecule has 0 saturated heterocycles. The Morgan fingerprint density at radius 3 is 1.83 bits per heavy atom. The highest BCUT2D eigenvalue weighted by Crippen LogP contribution is 2.22. The summed E-state index contributed by atoms with van der Waals surface area (Å²) >= 11 is 0. The van der Waals surface area contributed by atoms with E-state index in [1.54, 1.807) is 39.3 Å². The number of benzene rings is 4. The average molecular weight is 563 g/mol. The van der Waals surface area contributed by atoms with Crippen molar-refractivity contribution in [3.63, 3.8) is 0 Å². The van der Waals surface area contributed by atoms with Crippen LogP contribution in [0.25, 0.3) is 11.1 Å². The van der Waals surface area contributed by atoms with Crippen molar-refractivity contribution in [2.45, 2.75) is 31.5 Å². The predicted molar refractivity (Wildman–Crippen MR) is 167 cm³/mol. The minimum atomic E-state index is -0.852. The van der Waals surface area contributed by atoms with Gasteiger partial charge in [-0.2, -0.15) is 0 Å². The van der Waals surface area contributed by atoms with Gasteiger partial charge in [0.15, 0.2) is 0 Å². The number of hydrogen-bond donors (Lipinski definition) is 2. The number of likely N-dealkylation sites (N-methyl/N-ethyl adjacent to an activating group) is 3. The van der Waals surface area contributed by atoms with Crippen LogP contribution in [0.15, 0.2) is 109 Å². The average Bonchev–Trinajstić information content (AvgIpc) is 3.05. The summed E-state index contributed by atoms with van der Waals surface area (Å²) in [4.78, 5) is 43.9. The van der Waals surface area contributed by atoms with Crippen LogP contribution >= 0.6 is 0 Å². The molecule has 7 nitrogen and oxygen atoms in total. The summed E-state index contributed by atoms with van der Waals surface area (Å²) in [5.41, 5.74) is 11.1. The lowest BCUT2D eigenvalue weighted by Gasteiger charge is -2.34. The molecule has 4 aromatic rings. The number of carbonyl (C=O) groups excluding carboxylic acids is 3. The van der Waals surface area contributed by atoms with Crippen LogP contribution in [0.2, 0.25) is 0 Å². The predicted octanol–water partition coefficient (Wildman–Crippen LogP) is 4.31. The number of nitrogens with one attached hydrogen (secondary N) is 1. The first-order chi connectivity index (χ1) is 20.3. The van der Waals surface area contributed by atoms with Gasteiger partial charge < -0.3 is 20.9 Å². The van der Waals surface area contributed by atoms with Crippen molar-refractivity contribution in [2.24, 2.45) is 5.73 Å². The summed E-state index contributed by atoms with van der Waals surface area (Å²) in [5.74, 6) is -0.889. The van der Waals surface area contributed by atoms with Gasteiger partial charge in [0.2, 0.25) is 11.8 Å². The third-order valence-electron chi connectivity index (χ3n) is 7.61. The largest absolute Gasteiger partial charge is 0.357 e. The standard InChI is InChI=1S/C35H38N4O3/c1-37-33(40)31(22-25-11-6-4-7-12-25)38(2)35(42)32(39(3)34(41)30-16-10-13-27(21-30)24-36)23-26-17-19-29(20-18-26)28-14-8-5-9-15-28/h4-21,31-32H,22-24,36H2,1-3H3,(H,37,40). The molecule has 216 valence electrons. The molecule has 0 saturated carbocycles. The summed E-state index contributed by atoms with van der Waals surface area (Å²) in [6.45, 7) is 0.303. The Labute approximate surface area is 248 Å². The van der Waals surface area contributed by atoms with Crippen LogP contribution in [-0.4, -0.2) is 60.7 Å². The van der Waals surface area contributed by atoms with E-state index in [4.69, 9.17) is 5.73 Å². The van der Waals surface area contributed by atoms with Crippen LogP contribution in [0.4, 0.5) is 0 Å². The Kier molecular flexibility index (Phi) is 10.2. The molecule has 42 heavy (non-hydrogen) atoms. The maximum absolute atomic E-state index is 14.2. The highest BCUT2D eigenvalue weighted by Gasteiger charge is 2.35. The van der Waals surface area contributed by atoms with Gasteiger partial charge in [-0.1, -0.05) is 97.1 Å². The monoisotopic (exact) mass is 562 g/mol. The number of rotatable bonds is 11. The number of nitrogens with zero attached hydrogens (tertiary/aromatic N) is 2. The molecule has 4 aromatic carbocycles. The Bertz CT molecular complexity index is 1490. The SMILES string of the molecule is CNC(=O)C(Cc1ccccc1)N(C)C(=O)C(Cc1ccc(-c2ccccc2)cc1)N(C)C(=O)c1cccc(CN)c1. The maximum Gasteiger partial charge on any atom is 0.254 e. The van der Waals surface area contributed by atoms with Crippen molar-refractivity contribution in [2.75, 3.05) is 21.1 Å². The first-order valence-electron chi connectivity index (χ1n) is 14.0. The fourth-order valence-corrected chi connectivity index (χ4v) is 5.05. The lowest BCUT2D eigenvalue weighted by molar-refractivity contribution is -0.142. The molecule has 0 fully saturated rings. The number of hydrogen-bond acceptors (Lipinski definition) is 4. The Hall–Kier alpha value is -4.75. The normalized spacial score (nSPS) is 12.2. The van der Waals surface area contributed by atoms with E-state index >= 15 is 0 Å². The Balaban J connectivity index is 1.66. The van der Waals surface area contributed by atoms with Crippen molar-refractivity contribution in [3.8, 4) is 11.1 Å². The molecule has 0 aliphatic rings. The molecule has 0 aliphatic carbocycles. The Morgan fingerprint density at radius 1 is 0.667 bits per heavy atom. The van der Waals surface area contributed by atoms with Gasteiger partial charge in [0.05, 0.1) is 0 Å². The highest BCUT2D eigenvalue weighted by atomic mass is 16.2. The first-order valence-corrected chi connectivity index (χ1v) is 14.0. The van der Waals surface area contributed by atoms with E-state index in [0.29, 0.717) is 18.5 Å². The quantitative estimate of drug-likeness (QED) is 0.285. The summed E-state index contributed by atoms with van der Waals surface area (Å²) in [6, 6.07) is 33.2. The summed E-state index contributed by atoms with van der Waals surface area (Å²) in [6.07, 6.45) is 0.625. The summed E-state index contributed by atoms with van der Waals surface area (Å²) < 4.78 is 0. The summed E-state index contributed by atoms with van der Waals surface area (Å²) in [5, 5.41) is 2.70. The van der Waals surface area contributed by atoms with Gasteiger partial charge in [-0.05, 0) is 39.9 Å². The zero-order chi connectivity index (χ0) is 30.1. The molecular weight excluding hydrogens is 524 g/mol. The van der Waals surface area contributed by atoms with E-state index < -0.39 is 12.1 Å². The summed E-state index contributed by atoms with van der Waals surface area (Å²) in [7, 11) is 4.83. The molecule has 0 bridgehead atoms. The van der Waals surface area contributed by atoms with E-state index in [0.717, 1.165) is 27.8 Å². The number of amides is 3. The van der Waals surface area contributed by atoms with Gasteiger partial charge in [-0.25, -0.2) is 0 Å². The van der Waals surface area contributed by atoms with Gasteiger partial charge >= 0.3 is 0 Å². The molecule has 2 unspecified atom stereocenters. The molecule has 0 radical (unpaired) electrons. The van der Waals surface area contributed by atoms with Crippen LogP contribution in [0, 0.1) is 0 Å². The highest BCUT2D eigenvalue weighted by molar-refractivity contribution is 5.98. The van der Waals surface area contributed by atoms with E-state index in [2.05, 4.69) is 5.32 Å². The number of nitrogens with two attached hydrogens (primary N) is 1. The van der Waals surface area contributed by atoms with Crippen molar-refractivity contribution >= 4 is 17.7 Å². The van der Waals surface area contributed by atoms with Crippen molar-refractivity contribution in [1.29, 1.82) is 0 Å². The van der Waals surface area contributed by atoms with Crippen LogP contribution in [0.3, 0.4) is 0 Å². The Morgan fingerprint density at radius 2 is 1.21 bits per heavy atom. The van der Waals surface area contributed by atoms with Crippen molar-refractivity contribution in [1.82, 2.24) is 15.1 Å². The fraction of sp³-hybridized carbons (Fsp3) is 0.229. The molecule has 7 heteroatoms. The van der Waals surface area contributed by atoms with E-state index in [1.807, 2.05) is 91.0 Å². The van der Waals surface area contributed by atoms with E-state index in [1.165, 1.54) is 9.80 Å². The molecule has 3 amide bonds. The minimum Gasteiger partial charge on any atom is -0.357 e. The molecule has 0 aromatic heterocycles. The minimum absolute atomic E-state index is 0.273. The van der Waals surface area contributed by atoms with Gasteiger partial charge in [0.25, 0.3) is 5.91 Å². The van der Waals surface area contributed by atoms with Gasteiger partial charge in [-0.3, -0.25) is 14.4 Å². The molecule has 2 atom stereocenters. The fourth-order valence-electron chi connectivity index (χ4n) is 5.05. The van der Waals surface area contributed by atoms with Crippen LogP contribution in [0.5, 0.6) is 0 Å². The molecular formula is C35H38N4O3. The lowest BCUT2D eigenvalue weighted by atomic mass is 9.97. The third kappa shape index (κ3) is 7.30. The van der Waals surface area contributed by atoms with Crippen LogP contribution in [-0.2, 0) is 29.0 Å². The molecule has 4 rings (SSSR count). The topological polar surface area (TPSA) is 95.7 Å². The van der Waals surface area contributed by atoms with Gasteiger partial charge in [0.1, 0.15) is 12.1 Å². The maximum atomic E-state index is 14.2. The second kappa shape index (κ2) is 14.2. The van der Waals surface area contributed by atoms with Crippen LogP contribution < -0.4 is 11.1 Å². The van der Waals surface area contributed by atoms with Gasteiger partial charge in [-0.15, -0.1) is 0 Å². The van der Waals surface area contributed by atoms with Crippen molar-refractivity contribution < 1.29 is 14.4 Å². The third-order valence-corrected chi connectivity index (χ3v) is 7.61. The number of carbonyl (C=O) groups is 3.